The van der Waals surface area contributed by atoms with Gasteiger partial charge >= 0.3 is 0 Å². The Morgan fingerprint density at radius 1 is 0.642 bits per heavy atom. The Morgan fingerprint density at radius 3 is 1.62 bits per heavy atom. The van der Waals surface area contributed by atoms with Gasteiger partial charge in [0.15, 0.2) is 0 Å². The molecular weight excluding hydrogens is 684 g/mol. The van der Waals surface area contributed by atoms with Crippen molar-refractivity contribution < 1.29 is 37.2 Å². The second kappa shape index (κ2) is 15.9. The molecule has 6 unspecified atom stereocenters. The number of rotatable bonds is 11. The summed E-state index contributed by atoms with van der Waals surface area (Å²) in [5.74, 6) is -6.95. The van der Waals surface area contributed by atoms with Crippen LogP contribution in [0.1, 0.15) is 39.7 Å². The van der Waals surface area contributed by atoms with Gasteiger partial charge in [0.25, 0.3) is 0 Å². The van der Waals surface area contributed by atoms with Gasteiger partial charge in [-0.25, -0.2) is 17.6 Å². The van der Waals surface area contributed by atoms with E-state index in [9.17, 15) is 19.0 Å². The van der Waals surface area contributed by atoms with Crippen LogP contribution in [0.3, 0.4) is 0 Å². The Hall–Kier alpha value is -4.42. The average molecular weight is 727 g/mol. The maximum atomic E-state index is 16.7. The molecule has 3 N–H and O–H groups in total. The normalized spacial score (nSPS) is 21.6. The molecule has 5 aromatic rings. The third-order valence-electron chi connectivity index (χ3n) is 10.7. The van der Waals surface area contributed by atoms with E-state index in [1.807, 2.05) is 30.3 Å². The second-order valence-corrected chi connectivity index (χ2v) is 13.8. The van der Waals surface area contributed by atoms with Gasteiger partial charge in [-0.05, 0) is 39.9 Å². The number of morpholine rings is 2. The monoisotopic (exact) mass is 726 g/mol. The van der Waals surface area contributed by atoms with Crippen molar-refractivity contribution in [2.75, 3.05) is 39.4 Å². The molecule has 0 aliphatic carbocycles. The molecule has 0 amide bonds. The molecule has 0 spiro atoms. The van der Waals surface area contributed by atoms with Crippen molar-refractivity contribution in [2.24, 2.45) is 0 Å². The van der Waals surface area contributed by atoms with Crippen LogP contribution < -0.4 is 5.32 Å². The molecule has 2 heterocycles. The van der Waals surface area contributed by atoms with E-state index < -0.39 is 58.5 Å². The lowest BCUT2D eigenvalue weighted by Crippen LogP contribution is -2.61. The summed E-state index contributed by atoms with van der Waals surface area (Å²) in [6, 6.07) is 32.8. The molecule has 2 saturated heterocycles. The topological polar surface area (TPSA) is 74.2 Å². The number of benzene rings is 5. The molecule has 5 aromatic carbocycles. The van der Waals surface area contributed by atoms with Crippen LogP contribution >= 0.6 is 0 Å². The minimum Gasteiger partial charge on any atom is -0.382 e. The summed E-state index contributed by atoms with van der Waals surface area (Å²) in [5, 5.41) is 30.6. The molecule has 53 heavy (non-hydrogen) atoms. The summed E-state index contributed by atoms with van der Waals surface area (Å²) in [5.41, 5.74) is -3.22. The van der Waals surface area contributed by atoms with Gasteiger partial charge in [-0.15, -0.1) is 0 Å². The lowest BCUT2D eigenvalue weighted by molar-refractivity contribution is -0.192. The number of aliphatic hydroxyl groups is 2. The molecule has 10 heteroatoms. The van der Waals surface area contributed by atoms with Crippen molar-refractivity contribution >= 4 is 0 Å². The predicted octanol–water partition coefficient (Wildman–Crippen LogP) is 6.78. The number of hydrogen-bond acceptors (Lipinski definition) is 6. The van der Waals surface area contributed by atoms with E-state index in [1.54, 1.807) is 60.7 Å². The van der Waals surface area contributed by atoms with Gasteiger partial charge in [0, 0.05) is 56.7 Å². The van der Waals surface area contributed by atoms with Crippen molar-refractivity contribution in [1.82, 2.24) is 10.2 Å². The van der Waals surface area contributed by atoms with E-state index >= 15 is 8.78 Å². The van der Waals surface area contributed by atoms with Crippen molar-refractivity contribution in [3.05, 3.63) is 178 Å². The van der Waals surface area contributed by atoms with Crippen molar-refractivity contribution in [2.45, 2.75) is 41.8 Å². The SMILES string of the molecule is OC(c1ccccc1)(C1CNCCO1)C(c1ccc(F)cc1F)C(c1ccc(F)cc1F)C(O)(c1ccccc1)C1CN(Cc2ccccc2)CCO1. The van der Waals surface area contributed by atoms with Crippen molar-refractivity contribution in [1.29, 1.82) is 0 Å². The highest BCUT2D eigenvalue weighted by molar-refractivity contribution is 5.44. The molecule has 2 fully saturated rings. The molecule has 0 saturated carbocycles. The van der Waals surface area contributed by atoms with E-state index in [2.05, 4.69) is 10.2 Å². The molecule has 6 atom stereocenters. The number of nitrogens with zero attached hydrogens (tertiary/aromatic N) is 1. The summed E-state index contributed by atoms with van der Waals surface area (Å²) in [7, 11) is 0. The third kappa shape index (κ3) is 7.40. The molecular formula is C43H42F4N2O4. The number of halogens is 4. The molecule has 0 aromatic heterocycles. The van der Waals surface area contributed by atoms with E-state index in [0.29, 0.717) is 42.9 Å². The summed E-state index contributed by atoms with van der Waals surface area (Å²) in [4.78, 5) is 2.11. The lowest BCUT2D eigenvalue weighted by Gasteiger charge is -2.53. The molecule has 6 nitrogen and oxygen atoms in total. The van der Waals surface area contributed by atoms with Crippen LogP contribution in [-0.4, -0.2) is 66.7 Å². The number of hydrogen-bond donors (Lipinski definition) is 3. The predicted molar refractivity (Wildman–Crippen MR) is 193 cm³/mol. The fourth-order valence-corrected chi connectivity index (χ4v) is 8.19. The zero-order valence-electron chi connectivity index (χ0n) is 29.1. The Bertz CT molecular complexity index is 1970. The van der Waals surface area contributed by atoms with Gasteiger partial charge in [0.05, 0.1) is 13.2 Å². The molecule has 7 rings (SSSR count). The summed E-state index contributed by atoms with van der Waals surface area (Å²) in [6.45, 7) is 2.18. The first-order chi connectivity index (χ1) is 25.7. The van der Waals surface area contributed by atoms with Crippen LogP contribution in [0.25, 0.3) is 0 Å². The standard InChI is InChI=1S/C43H42F4N2O4/c44-32-16-18-34(36(46)24-32)40(42(50,30-12-6-2-7-13-30)38-26-48-20-22-52-38)41(35-19-17-33(45)25-37(35)47)43(51,31-14-8-3-9-15-31)39-28-49(21-23-53-39)27-29-10-4-1-5-11-29/h1-19,24-25,38-41,48,50-51H,20-23,26-28H2. The van der Waals surface area contributed by atoms with Gasteiger partial charge < -0.3 is 25.0 Å². The molecule has 0 radical (unpaired) electrons. The van der Waals surface area contributed by atoms with Crippen LogP contribution in [0.5, 0.6) is 0 Å². The first kappa shape index (κ1) is 36.9. The molecule has 0 bridgehead atoms. The fraction of sp³-hybridized carbons (Fsp3) is 0.302. The van der Waals surface area contributed by atoms with Crippen LogP contribution in [0.2, 0.25) is 0 Å². The Morgan fingerprint density at radius 2 is 1.13 bits per heavy atom. The number of ether oxygens (including phenoxy) is 2. The molecule has 276 valence electrons. The van der Waals surface area contributed by atoms with Crippen molar-refractivity contribution in [3.8, 4) is 0 Å². The minimum atomic E-state index is -2.23. The van der Waals surface area contributed by atoms with Gasteiger partial charge in [0.2, 0.25) is 0 Å². The highest BCUT2D eigenvalue weighted by Crippen LogP contribution is 2.57. The van der Waals surface area contributed by atoms with Gasteiger partial charge in [0.1, 0.15) is 46.7 Å². The zero-order chi connectivity index (χ0) is 37.0. The Balaban J connectivity index is 1.53. The summed E-state index contributed by atoms with van der Waals surface area (Å²) in [6.07, 6.45) is -2.16. The largest absolute Gasteiger partial charge is 0.382 e. The zero-order valence-corrected chi connectivity index (χ0v) is 29.1. The molecule has 2 aliphatic rings. The second-order valence-electron chi connectivity index (χ2n) is 13.8. The fourth-order valence-electron chi connectivity index (χ4n) is 8.19. The van der Waals surface area contributed by atoms with Crippen LogP contribution in [0.15, 0.2) is 127 Å². The van der Waals surface area contributed by atoms with Gasteiger partial charge in [-0.2, -0.15) is 0 Å². The van der Waals surface area contributed by atoms with Gasteiger partial charge in [-0.3, -0.25) is 4.90 Å². The third-order valence-corrected chi connectivity index (χ3v) is 10.7. The maximum absolute atomic E-state index is 16.7. The smallest absolute Gasteiger partial charge is 0.129 e. The van der Waals surface area contributed by atoms with E-state index in [4.69, 9.17) is 9.47 Å². The highest BCUT2D eigenvalue weighted by atomic mass is 19.1. The highest BCUT2D eigenvalue weighted by Gasteiger charge is 2.60. The van der Waals surface area contributed by atoms with Crippen LogP contribution in [-0.2, 0) is 27.2 Å². The lowest BCUT2D eigenvalue weighted by atomic mass is 9.58. The summed E-state index contributed by atoms with van der Waals surface area (Å²) >= 11 is 0. The van der Waals surface area contributed by atoms with E-state index in [-0.39, 0.29) is 37.4 Å². The van der Waals surface area contributed by atoms with Crippen LogP contribution in [0.4, 0.5) is 17.6 Å². The Labute approximate surface area is 306 Å². The summed E-state index contributed by atoms with van der Waals surface area (Å²) < 4.78 is 75.5. The molecule has 2 aliphatic heterocycles. The first-order valence-electron chi connectivity index (χ1n) is 17.9. The maximum Gasteiger partial charge on any atom is 0.129 e. The van der Waals surface area contributed by atoms with Crippen molar-refractivity contribution in [3.63, 3.8) is 0 Å². The van der Waals surface area contributed by atoms with E-state index in [1.165, 1.54) is 12.1 Å². The average Bonchev–Trinajstić information content (AvgIpc) is 3.19. The first-order valence-corrected chi connectivity index (χ1v) is 17.9. The quantitative estimate of drug-likeness (QED) is 0.131. The Kier molecular flexibility index (Phi) is 11.1. The van der Waals surface area contributed by atoms with Gasteiger partial charge in [-0.1, -0.05) is 103 Å². The van der Waals surface area contributed by atoms with Crippen LogP contribution in [0, 0.1) is 23.3 Å². The number of nitrogens with one attached hydrogen (secondary N) is 1. The minimum absolute atomic E-state index is 0.109. The van der Waals surface area contributed by atoms with E-state index in [0.717, 1.165) is 17.7 Å².